The first-order valence-electron chi connectivity index (χ1n) is 4.43. The van der Waals surface area contributed by atoms with Crippen molar-refractivity contribution in [3.63, 3.8) is 0 Å². The van der Waals surface area contributed by atoms with Gasteiger partial charge in [0.25, 0.3) is 0 Å². The van der Waals surface area contributed by atoms with Gasteiger partial charge < -0.3 is 5.32 Å². The molecule has 0 bridgehead atoms. The Hall–Kier alpha value is -2.04. The fourth-order valence-corrected chi connectivity index (χ4v) is 1.28. The van der Waals surface area contributed by atoms with Crippen molar-refractivity contribution in [1.29, 1.82) is 10.5 Å². The van der Waals surface area contributed by atoms with Gasteiger partial charge in [0.2, 0.25) is 11.4 Å². The highest BCUT2D eigenvalue weighted by Crippen LogP contribution is 2.19. The van der Waals surface area contributed by atoms with Crippen LogP contribution >= 0.6 is 11.6 Å². The lowest BCUT2D eigenvalue weighted by molar-refractivity contribution is -0.119. The third-order valence-corrected chi connectivity index (χ3v) is 2.23. The second kappa shape index (κ2) is 5.16. The van der Waals surface area contributed by atoms with Crippen molar-refractivity contribution in [2.24, 2.45) is 0 Å². The van der Waals surface area contributed by atoms with E-state index in [0.717, 1.165) is 0 Å². The molecule has 0 spiro atoms. The zero-order chi connectivity index (χ0) is 12.0. The summed E-state index contributed by atoms with van der Waals surface area (Å²) in [6.07, 6.45) is 0. The van der Waals surface area contributed by atoms with Crippen molar-refractivity contribution in [1.82, 2.24) is 5.32 Å². The van der Waals surface area contributed by atoms with E-state index in [0.29, 0.717) is 5.56 Å². The number of halogens is 1. The number of carbonyl (C=O) groups excluding carboxylic acids is 1. The van der Waals surface area contributed by atoms with Gasteiger partial charge in [0, 0.05) is 5.56 Å². The molecule has 0 aliphatic rings. The molecule has 0 fully saturated rings. The van der Waals surface area contributed by atoms with E-state index in [4.69, 9.17) is 22.1 Å². The first-order valence-corrected chi connectivity index (χ1v) is 4.97. The van der Waals surface area contributed by atoms with Crippen molar-refractivity contribution >= 4 is 17.5 Å². The lowest BCUT2D eigenvalue weighted by Crippen LogP contribution is -2.44. The van der Waals surface area contributed by atoms with Crippen LogP contribution in [0.15, 0.2) is 30.3 Å². The van der Waals surface area contributed by atoms with Gasteiger partial charge in [0.05, 0.1) is 0 Å². The maximum absolute atomic E-state index is 11.2. The Balaban J connectivity index is 3.14. The molecule has 0 unspecified atom stereocenters. The third-order valence-electron chi connectivity index (χ3n) is 1.99. The van der Waals surface area contributed by atoms with E-state index in [2.05, 4.69) is 5.32 Å². The minimum atomic E-state index is -1.67. The van der Waals surface area contributed by atoms with Gasteiger partial charge in [-0.25, -0.2) is 0 Å². The number of nitriles is 2. The number of rotatable bonds is 3. The summed E-state index contributed by atoms with van der Waals surface area (Å²) in [6, 6.07) is 11.9. The highest BCUT2D eigenvalue weighted by atomic mass is 35.5. The Morgan fingerprint density at radius 2 is 1.88 bits per heavy atom. The third kappa shape index (κ3) is 2.31. The maximum atomic E-state index is 11.2. The molecular weight excluding hydrogens is 226 g/mol. The van der Waals surface area contributed by atoms with Crippen LogP contribution in [0.25, 0.3) is 0 Å². The minimum Gasteiger partial charge on any atom is -0.321 e. The summed E-state index contributed by atoms with van der Waals surface area (Å²) in [5.74, 6) is -0.855. The van der Waals surface area contributed by atoms with Crippen molar-refractivity contribution in [3.05, 3.63) is 35.9 Å². The van der Waals surface area contributed by atoms with Gasteiger partial charge in [-0.3, -0.25) is 4.79 Å². The molecule has 0 aliphatic carbocycles. The van der Waals surface area contributed by atoms with Gasteiger partial charge >= 0.3 is 0 Å². The first-order chi connectivity index (χ1) is 7.68. The summed E-state index contributed by atoms with van der Waals surface area (Å²) < 4.78 is 0. The lowest BCUT2D eigenvalue weighted by atomic mass is 9.93. The van der Waals surface area contributed by atoms with E-state index in [1.54, 1.807) is 42.5 Å². The number of carbonyl (C=O) groups is 1. The summed E-state index contributed by atoms with van der Waals surface area (Å²) in [5.41, 5.74) is -1.26. The van der Waals surface area contributed by atoms with Crippen LogP contribution in [0.2, 0.25) is 0 Å². The topological polar surface area (TPSA) is 76.7 Å². The monoisotopic (exact) mass is 233 g/mol. The largest absolute Gasteiger partial charge is 0.321 e. The predicted octanol–water partition coefficient (Wildman–Crippen LogP) is 1.28. The number of hydrogen-bond donors (Lipinski definition) is 1. The van der Waals surface area contributed by atoms with E-state index in [-0.39, 0.29) is 5.88 Å². The number of benzene rings is 1. The second-order valence-corrected chi connectivity index (χ2v) is 3.29. The Morgan fingerprint density at radius 3 is 2.31 bits per heavy atom. The molecule has 1 aromatic carbocycles. The molecule has 0 atom stereocenters. The van der Waals surface area contributed by atoms with Crippen molar-refractivity contribution in [2.45, 2.75) is 5.54 Å². The molecular formula is C11H8ClN3O. The molecule has 16 heavy (non-hydrogen) atoms. The van der Waals surface area contributed by atoms with Crippen LogP contribution in [0.5, 0.6) is 0 Å². The van der Waals surface area contributed by atoms with Gasteiger partial charge in [-0.1, -0.05) is 30.3 Å². The Labute approximate surface area is 98.1 Å². The molecule has 1 aromatic rings. The molecule has 1 rings (SSSR count). The summed E-state index contributed by atoms with van der Waals surface area (Å²) in [7, 11) is 0. The highest BCUT2D eigenvalue weighted by Gasteiger charge is 2.33. The zero-order valence-corrected chi connectivity index (χ0v) is 9.03. The molecule has 80 valence electrons. The van der Waals surface area contributed by atoms with Gasteiger partial charge in [0.1, 0.15) is 18.0 Å². The van der Waals surface area contributed by atoms with Crippen molar-refractivity contribution in [3.8, 4) is 12.1 Å². The minimum absolute atomic E-state index is 0.294. The van der Waals surface area contributed by atoms with E-state index in [1.807, 2.05) is 0 Å². The predicted molar refractivity (Wildman–Crippen MR) is 58.2 cm³/mol. The Bertz CT molecular complexity index is 444. The summed E-state index contributed by atoms with van der Waals surface area (Å²) in [4.78, 5) is 11.2. The maximum Gasteiger partial charge on any atom is 0.240 e. The lowest BCUT2D eigenvalue weighted by Gasteiger charge is -2.19. The van der Waals surface area contributed by atoms with Crippen LogP contribution in [0.3, 0.4) is 0 Å². The number of nitrogens with one attached hydrogen (secondary N) is 1. The van der Waals surface area contributed by atoms with Crippen LogP contribution in [0.1, 0.15) is 5.56 Å². The van der Waals surface area contributed by atoms with E-state index in [1.165, 1.54) is 0 Å². The molecule has 0 saturated heterocycles. The van der Waals surface area contributed by atoms with Gasteiger partial charge in [-0.2, -0.15) is 10.5 Å². The number of hydrogen-bond acceptors (Lipinski definition) is 3. The normalized spacial score (nSPS) is 9.94. The first kappa shape index (κ1) is 12.0. The Kier molecular flexibility index (Phi) is 3.88. The number of amides is 1. The van der Waals surface area contributed by atoms with Gasteiger partial charge in [-0.15, -0.1) is 11.6 Å². The average Bonchev–Trinajstić information content (AvgIpc) is 2.37. The smallest absolute Gasteiger partial charge is 0.240 e. The molecule has 0 aliphatic heterocycles. The molecule has 0 heterocycles. The van der Waals surface area contributed by atoms with E-state index in [9.17, 15) is 4.79 Å². The molecule has 0 radical (unpaired) electrons. The average molecular weight is 234 g/mol. The zero-order valence-electron chi connectivity index (χ0n) is 8.27. The van der Waals surface area contributed by atoms with E-state index < -0.39 is 11.4 Å². The standard InChI is InChI=1S/C11H8ClN3O/c12-6-10(16)15-11(7-13,8-14)9-4-2-1-3-5-9/h1-5H,6H2,(H,15,16). The number of alkyl halides is 1. The van der Waals surface area contributed by atoms with E-state index >= 15 is 0 Å². The van der Waals surface area contributed by atoms with Crippen LogP contribution in [-0.2, 0) is 10.3 Å². The molecule has 0 saturated carbocycles. The van der Waals surface area contributed by atoms with Crippen LogP contribution in [0, 0.1) is 22.7 Å². The van der Waals surface area contributed by atoms with Crippen LogP contribution < -0.4 is 5.32 Å². The SMILES string of the molecule is N#CC(C#N)(NC(=O)CCl)c1ccccc1. The molecule has 1 amide bonds. The summed E-state index contributed by atoms with van der Waals surface area (Å²) in [6.45, 7) is 0. The van der Waals surface area contributed by atoms with Crippen molar-refractivity contribution < 1.29 is 4.79 Å². The Morgan fingerprint density at radius 1 is 1.31 bits per heavy atom. The molecule has 5 heteroatoms. The fraction of sp³-hybridized carbons (Fsp3) is 0.182. The molecule has 4 nitrogen and oxygen atoms in total. The van der Waals surface area contributed by atoms with Crippen LogP contribution in [-0.4, -0.2) is 11.8 Å². The van der Waals surface area contributed by atoms with Crippen molar-refractivity contribution in [2.75, 3.05) is 5.88 Å². The quantitative estimate of drug-likeness (QED) is 0.799. The molecule has 1 N–H and O–H groups in total. The second-order valence-electron chi connectivity index (χ2n) is 3.02. The van der Waals surface area contributed by atoms with Crippen LogP contribution in [0.4, 0.5) is 0 Å². The summed E-state index contributed by atoms with van der Waals surface area (Å²) >= 11 is 5.33. The summed E-state index contributed by atoms with van der Waals surface area (Å²) in [5, 5.41) is 20.4. The fourth-order valence-electron chi connectivity index (χ4n) is 1.21. The highest BCUT2D eigenvalue weighted by molar-refractivity contribution is 6.27. The molecule has 0 aromatic heterocycles. The van der Waals surface area contributed by atoms with Gasteiger partial charge in [0.15, 0.2) is 0 Å². The number of nitrogens with zero attached hydrogens (tertiary/aromatic N) is 2. The van der Waals surface area contributed by atoms with Gasteiger partial charge in [-0.05, 0) is 0 Å².